The van der Waals surface area contributed by atoms with Crippen LogP contribution < -0.4 is 19.5 Å². The van der Waals surface area contributed by atoms with Gasteiger partial charge in [0.25, 0.3) is 0 Å². The number of ether oxygens (including phenoxy) is 3. The summed E-state index contributed by atoms with van der Waals surface area (Å²) in [4.78, 5) is 6.24. The second kappa shape index (κ2) is 11.2. The number of para-hydroxylation sites is 1. The van der Waals surface area contributed by atoms with Crippen LogP contribution in [0.3, 0.4) is 0 Å². The van der Waals surface area contributed by atoms with Gasteiger partial charge in [0.2, 0.25) is 0 Å². The smallest absolute Gasteiger partial charge is 0.173 e. The summed E-state index contributed by atoms with van der Waals surface area (Å²) in [6, 6.07) is 13.6. The minimum Gasteiger partial charge on any atom is -0.497 e. The predicted octanol–water partition coefficient (Wildman–Crippen LogP) is 4.20. The van der Waals surface area contributed by atoms with E-state index in [0.29, 0.717) is 17.4 Å². The molecule has 0 spiro atoms. The summed E-state index contributed by atoms with van der Waals surface area (Å²) in [6.45, 7) is 2.25. The minimum atomic E-state index is 0.611. The van der Waals surface area contributed by atoms with Gasteiger partial charge in [-0.25, -0.2) is 4.98 Å². The topological polar surface area (TPSA) is 60.8 Å². The van der Waals surface area contributed by atoms with Crippen molar-refractivity contribution in [3.8, 4) is 17.2 Å². The highest BCUT2D eigenvalue weighted by Crippen LogP contribution is 2.29. The predicted molar refractivity (Wildman–Crippen MR) is 126 cm³/mol. The number of benzene rings is 2. The number of hydrogen-bond donors (Lipinski definition) is 1. The summed E-state index contributed by atoms with van der Waals surface area (Å²) >= 11 is 5.79. The molecule has 1 N–H and O–H groups in total. The number of hydrogen-bond acceptors (Lipinski definition) is 5. The zero-order valence-corrected chi connectivity index (χ0v) is 18.9. The Hall–Kier alpha value is -3.26. The van der Waals surface area contributed by atoms with Crippen LogP contribution in [0.4, 0.5) is 5.69 Å². The Labute approximate surface area is 188 Å². The molecule has 8 heteroatoms. The molecule has 0 saturated heterocycles. The third-order valence-corrected chi connectivity index (χ3v) is 5.26. The zero-order valence-electron chi connectivity index (χ0n) is 18.1. The van der Waals surface area contributed by atoms with E-state index >= 15 is 0 Å². The van der Waals surface area contributed by atoms with Crippen LogP contribution in [0.1, 0.15) is 12.0 Å². The molecule has 0 radical (unpaired) electrons. The fourth-order valence-corrected chi connectivity index (χ4v) is 3.52. The van der Waals surface area contributed by atoms with Gasteiger partial charge in [0.15, 0.2) is 5.11 Å². The van der Waals surface area contributed by atoms with Gasteiger partial charge in [-0.15, -0.1) is 0 Å². The number of nitrogens with one attached hydrogen (secondary N) is 1. The van der Waals surface area contributed by atoms with Crippen LogP contribution in [0, 0.1) is 0 Å². The summed E-state index contributed by atoms with van der Waals surface area (Å²) < 4.78 is 18.4. The summed E-state index contributed by atoms with van der Waals surface area (Å²) in [5, 5.41) is 3.94. The van der Waals surface area contributed by atoms with Crippen molar-refractivity contribution in [1.82, 2.24) is 14.5 Å². The van der Waals surface area contributed by atoms with Crippen molar-refractivity contribution < 1.29 is 14.2 Å². The van der Waals surface area contributed by atoms with E-state index in [0.717, 1.165) is 42.3 Å². The number of aromatic nitrogens is 2. The normalized spacial score (nSPS) is 10.4. The summed E-state index contributed by atoms with van der Waals surface area (Å²) in [5.74, 6) is 2.23. The molecule has 3 aromatic rings. The molecule has 0 bridgehead atoms. The van der Waals surface area contributed by atoms with Crippen LogP contribution >= 0.6 is 12.2 Å². The molecule has 0 aliphatic heterocycles. The van der Waals surface area contributed by atoms with E-state index in [4.69, 9.17) is 26.4 Å². The number of rotatable bonds is 10. The number of aryl methyl sites for hydroxylation is 1. The van der Waals surface area contributed by atoms with Gasteiger partial charge in [0.1, 0.15) is 17.2 Å². The molecule has 164 valence electrons. The minimum absolute atomic E-state index is 0.611. The molecule has 31 heavy (non-hydrogen) atoms. The van der Waals surface area contributed by atoms with Gasteiger partial charge >= 0.3 is 0 Å². The molecule has 0 amide bonds. The fourth-order valence-electron chi connectivity index (χ4n) is 3.25. The van der Waals surface area contributed by atoms with Crippen LogP contribution in [-0.2, 0) is 13.1 Å². The second-order valence-electron chi connectivity index (χ2n) is 6.88. The summed E-state index contributed by atoms with van der Waals surface area (Å²) in [5.41, 5.74) is 1.85. The molecule has 0 saturated carbocycles. The van der Waals surface area contributed by atoms with Gasteiger partial charge in [-0.2, -0.15) is 0 Å². The number of thiocarbonyl (C=S) groups is 1. The molecular formula is C23H28N4O3S. The van der Waals surface area contributed by atoms with Crippen molar-refractivity contribution in [2.24, 2.45) is 0 Å². The third-order valence-electron chi connectivity index (χ3n) is 4.89. The first-order valence-corrected chi connectivity index (χ1v) is 10.4. The molecular weight excluding hydrogens is 412 g/mol. The van der Waals surface area contributed by atoms with Crippen LogP contribution in [0.2, 0.25) is 0 Å². The second-order valence-corrected chi connectivity index (χ2v) is 7.27. The average Bonchev–Trinajstić information content (AvgIpc) is 3.32. The molecule has 0 aliphatic carbocycles. The molecule has 7 nitrogen and oxygen atoms in total. The van der Waals surface area contributed by atoms with E-state index in [1.807, 2.05) is 48.9 Å². The quantitative estimate of drug-likeness (QED) is 0.474. The lowest BCUT2D eigenvalue weighted by Crippen LogP contribution is -2.35. The number of imidazole rings is 1. The van der Waals surface area contributed by atoms with E-state index in [2.05, 4.69) is 25.8 Å². The Bertz CT molecular complexity index is 979. The SMILES string of the molecule is COc1ccc(NC(=S)N(CCCn2ccnc2)Cc2ccccc2OC)c(OC)c1. The molecule has 0 aliphatic rings. The lowest BCUT2D eigenvalue weighted by molar-refractivity contribution is 0.371. The van der Waals surface area contributed by atoms with Crippen molar-refractivity contribution in [2.75, 3.05) is 33.2 Å². The number of nitrogens with zero attached hydrogens (tertiary/aromatic N) is 3. The van der Waals surface area contributed by atoms with E-state index in [1.54, 1.807) is 27.5 Å². The van der Waals surface area contributed by atoms with E-state index in [9.17, 15) is 0 Å². The molecule has 3 rings (SSSR count). The highest BCUT2D eigenvalue weighted by atomic mass is 32.1. The summed E-state index contributed by atoms with van der Waals surface area (Å²) in [6.07, 6.45) is 6.48. The third kappa shape index (κ3) is 6.11. The van der Waals surface area contributed by atoms with Gasteiger partial charge in [-0.1, -0.05) is 18.2 Å². The summed E-state index contributed by atoms with van der Waals surface area (Å²) in [7, 11) is 4.93. The van der Waals surface area contributed by atoms with Gasteiger partial charge in [-0.05, 0) is 36.8 Å². The Balaban J connectivity index is 1.76. The van der Waals surface area contributed by atoms with E-state index in [-0.39, 0.29) is 0 Å². The standard InChI is InChI=1S/C23H28N4O3S/c1-28-19-9-10-20(22(15-19)30-3)25-23(31)27(13-6-12-26-14-11-24-17-26)16-18-7-4-5-8-21(18)29-2/h4-5,7-11,14-15,17H,6,12-13,16H2,1-3H3,(H,25,31). The van der Waals surface area contributed by atoms with Crippen LogP contribution in [0.5, 0.6) is 17.2 Å². The van der Waals surface area contributed by atoms with Crippen molar-refractivity contribution in [2.45, 2.75) is 19.5 Å². The van der Waals surface area contributed by atoms with Crippen molar-refractivity contribution in [1.29, 1.82) is 0 Å². The average molecular weight is 441 g/mol. The van der Waals surface area contributed by atoms with Crippen molar-refractivity contribution in [3.63, 3.8) is 0 Å². The molecule has 1 heterocycles. The number of methoxy groups -OCH3 is 3. The highest BCUT2D eigenvalue weighted by Gasteiger charge is 2.15. The lowest BCUT2D eigenvalue weighted by Gasteiger charge is -2.27. The molecule has 0 unspecified atom stereocenters. The Morgan fingerprint density at radius 2 is 1.87 bits per heavy atom. The van der Waals surface area contributed by atoms with Crippen LogP contribution in [0.15, 0.2) is 61.2 Å². The maximum Gasteiger partial charge on any atom is 0.173 e. The highest BCUT2D eigenvalue weighted by molar-refractivity contribution is 7.80. The number of anilines is 1. The molecule has 1 aromatic heterocycles. The zero-order chi connectivity index (χ0) is 22.1. The van der Waals surface area contributed by atoms with E-state index < -0.39 is 0 Å². The van der Waals surface area contributed by atoms with E-state index in [1.165, 1.54) is 0 Å². The monoisotopic (exact) mass is 440 g/mol. The molecule has 0 atom stereocenters. The van der Waals surface area contributed by atoms with Gasteiger partial charge in [-0.3, -0.25) is 0 Å². The van der Waals surface area contributed by atoms with Gasteiger partial charge < -0.3 is 29.0 Å². The maximum absolute atomic E-state index is 5.79. The first-order chi connectivity index (χ1) is 15.1. The first-order valence-electron chi connectivity index (χ1n) is 10.00. The Morgan fingerprint density at radius 3 is 2.58 bits per heavy atom. The van der Waals surface area contributed by atoms with Crippen molar-refractivity contribution in [3.05, 3.63) is 66.7 Å². The first kappa shape index (κ1) is 22.4. The molecule has 0 fully saturated rings. The van der Waals surface area contributed by atoms with Gasteiger partial charge in [0.05, 0.1) is 33.3 Å². The Kier molecular flexibility index (Phi) is 8.12. The van der Waals surface area contributed by atoms with Crippen LogP contribution in [0.25, 0.3) is 0 Å². The lowest BCUT2D eigenvalue weighted by atomic mass is 10.2. The molecule has 2 aromatic carbocycles. The van der Waals surface area contributed by atoms with Crippen LogP contribution in [-0.4, -0.2) is 47.4 Å². The van der Waals surface area contributed by atoms with Crippen molar-refractivity contribution >= 4 is 23.0 Å². The largest absolute Gasteiger partial charge is 0.497 e. The van der Waals surface area contributed by atoms with Gasteiger partial charge in [0, 0.05) is 43.7 Å². The maximum atomic E-state index is 5.79. The fraction of sp³-hybridized carbons (Fsp3) is 0.304. The Morgan fingerprint density at radius 1 is 1.06 bits per heavy atom.